The maximum atomic E-state index is 12.0. The minimum Gasteiger partial charge on any atom is -0.290 e. The van der Waals surface area contributed by atoms with Gasteiger partial charge in [0.15, 0.2) is 11.6 Å². The van der Waals surface area contributed by atoms with E-state index in [0.29, 0.717) is 0 Å². The van der Waals surface area contributed by atoms with Crippen LogP contribution in [0.25, 0.3) is 0 Å². The molecule has 162 valence electrons. The summed E-state index contributed by atoms with van der Waals surface area (Å²) in [6, 6.07) is 0. The van der Waals surface area contributed by atoms with E-state index >= 15 is 0 Å². The molecule has 0 fully saturated rings. The zero-order chi connectivity index (χ0) is 23.7. The molecule has 0 aromatic heterocycles. The Morgan fingerprint density at radius 1 is 0.515 bits per heavy atom. The number of carbonyl (C=O) groups is 2. The summed E-state index contributed by atoms with van der Waals surface area (Å²) in [5.74, 6) is 11.2. The number of hydrogen-bond acceptors (Lipinski definition) is 2. The second kappa shape index (κ2) is 14.6. The number of ketones is 2. The monoisotopic (exact) mass is 430 g/mol. The molecule has 0 radical (unpaired) electrons. The van der Waals surface area contributed by atoms with Gasteiger partial charge in [0.2, 0.25) is 0 Å². The molecule has 0 atom stereocenters. The van der Waals surface area contributed by atoms with Crippen molar-refractivity contribution in [2.45, 2.75) is 20.3 Å². The summed E-state index contributed by atoms with van der Waals surface area (Å²) in [4.78, 5) is 23.9. The zero-order valence-electron chi connectivity index (χ0n) is 18.9. The lowest BCUT2D eigenvalue weighted by Crippen LogP contribution is -1.84. The van der Waals surface area contributed by atoms with Gasteiger partial charge in [-0.3, -0.25) is 9.59 Å². The first-order chi connectivity index (χ1) is 16.0. The third-order valence-electron chi connectivity index (χ3n) is 4.30. The Morgan fingerprint density at radius 2 is 0.909 bits per heavy atom. The number of rotatable bonds is 0. The first-order valence-electron chi connectivity index (χ1n) is 10.6. The minimum atomic E-state index is -0.101. The molecule has 0 aliphatic heterocycles. The first-order valence-corrected chi connectivity index (χ1v) is 10.6. The van der Waals surface area contributed by atoms with E-state index in [4.69, 9.17) is 0 Å². The van der Waals surface area contributed by atoms with Crippen molar-refractivity contribution < 1.29 is 9.59 Å². The summed E-state index contributed by atoms with van der Waals surface area (Å²) in [6.07, 6.45) is 32.8. The Labute approximate surface area is 196 Å². The summed E-state index contributed by atoms with van der Waals surface area (Å²) in [7, 11) is 0. The molecule has 0 aromatic rings. The quantitative estimate of drug-likeness (QED) is 0.430. The van der Waals surface area contributed by atoms with Crippen LogP contribution in [0.5, 0.6) is 0 Å². The lowest BCUT2D eigenvalue weighted by Gasteiger charge is -2.00. The third-order valence-corrected chi connectivity index (χ3v) is 4.30. The van der Waals surface area contributed by atoms with Gasteiger partial charge < -0.3 is 0 Å². The van der Waals surface area contributed by atoms with Crippen molar-refractivity contribution >= 4 is 11.6 Å². The van der Waals surface area contributed by atoms with E-state index in [1.54, 1.807) is 36.5 Å². The molecule has 2 nitrogen and oxygen atoms in total. The van der Waals surface area contributed by atoms with Gasteiger partial charge in [0.25, 0.3) is 0 Å². The van der Waals surface area contributed by atoms with Crippen molar-refractivity contribution in [2.75, 3.05) is 0 Å². The molecule has 0 amide bonds. The standard InChI is InChI=1S/C31H26O2/c1-26-13-3-4-14-27(2)16-12-24-31(33)22-10-8-20-29-18-6-5-17-28(25-29)19-7-9-21-30(32)23-11-15-26/h5-12,15-24H,25H2,1-2H3/b19-7-,20-8+,21-9-,22-10-,23-11+,24-12-,26-15+,27-16?. The Hall–Kier alpha value is -4.40. The van der Waals surface area contributed by atoms with Crippen molar-refractivity contribution in [3.63, 3.8) is 0 Å². The molecule has 0 saturated heterocycles. The van der Waals surface area contributed by atoms with Gasteiger partial charge in [0.05, 0.1) is 0 Å². The van der Waals surface area contributed by atoms with Crippen LogP contribution < -0.4 is 0 Å². The van der Waals surface area contributed by atoms with Crippen LogP contribution in [0.2, 0.25) is 0 Å². The lowest BCUT2D eigenvalue weighted by atomic mass is 10.0. The van der Waals surface area contributed by atoms with Crippen LogP contribution >= 0.6 is 0 Å². The van der Waals surface area contributed by atoms with Crippen LogP contribution in [0, 0.1) is 23.7 Å². The molecule has 0 spiro atoms. The SMILES string of the molecule is CC1=C/C=C\C(=O)/C=C\C=C\C2=CC=CC=C(/C=C\C=C/C(=O)/C=C/C=C(\C)C#CC#C1)C2. The van der Waals surface area contributed by atoms with Crippen LogP contribution in [0.4, 0.5) is 0 Å². The van der Waals surface area contributed by atoms with Gasteiger partial charge in [-0.2, -0.15) is 0 Å². The zero-order valence-corrected chi connectivity index (χ0v) is 18.9. The molecular formula is C31H26O2. The van der Waals surface area contributed by atoms with Crippen LogP contribution in [0.1, 0.15) is 20.3 Å². The molecule has 0 saturated carbocycles. The Morgan fingerprint density at radius 3 is 1.36 bits per heavy atom. The molecular weight excluding hydrogens is 404 g/mol. The number of carbonyl (C=O) groups excluding carboxylic acids is 2. The van der Waals surface area contributed by atoms with Gasteiger partial charge in [-0.25, -0.2) is 0 Å². The average Bonchev–Trinajstić information content (AvgIpc) is 3.02. The van der Waals surface area contributed by atoms with E-state index in [0.717, 1.165) is 28.7 Å². The van der Waals surface area contributed by atoms with Crippen molar-refractivity contribution in [1.82, 2.24) is 0 Å². The highest BCUT2D eigenvalue weighted by molar-refractivity contribution is 6.00. The Balaban J connectivity index is 2.26. The number of fused-ring (bicyclic) bond motifs is 2. The fourth-order valence-electron chi connectivity index (χ4n) is 2.63. The van der Waals surface area contributed by atoms with Crippen molar-refractivity contribution in [2.24, 2.45) is 0 Å². The first kappa shape index (κ1) is 24.9. The highest BCUT2D eigenvalue weighted by Crippen LogP contribution is 2.17. The van der Waals surface area contributed by atoms with Gasteiger partial charge >= 0.3 is 0 Å². The normalized spacial score (nSPS) is 24.7. The molecule has 0 heterocycles. The average molecular weight is 431 g/mol. The maximum absolute atomic E-state index is 12.0. The van der Waals surface area contributed by atoms with E-state index in [1.165, 1.54) is 24.3 Å². The van der Waals surface area contributed by atoms with Crippen molar-refractivity contribution in [3.05, 3.63) is 132 Å². The Kier molecular flexibility index (Phi) is 11.0. The second-order valence-corrected chi connectivity index (χ2v) is 7.20. The smallest absolute Gasteiger partial charge is 0.178 e. The van der Waals surface area contributed by atoms with Gasteiger partial charge in [-0.05, 0) is 78.7 Å². The predicted molar refractivity (Wildman–Crippen MR) is 138 cm³/mol. The summed E-state index contributed by atoms with van der Waals surface area (Å²) < 4.78 is 0. The predicted octanol–water partition coefficient (Wildman–Crippen LogP) is 6.19. The number of hydrogen-bond donors (Lipinski definition) is 0. The van der Waals surface area contributed by atoms with Crippen LogP contribution in [-0.2, 0) is 9.59 Å². The molecule has 2 bridgehead atoms. The molecule has 2 aliphatic rings. The second-order valence-electron chi connectivity index (χ2n) is 7.20. The van der Waals surface area contributed by atoms with Crippen LogP contribution in [-0.4, -0.2) is 11.6 Å². The molecule has 2 aliphatic carbocycles. The number of allylic oxidation sites excluding steroid dienone is 22. The summed E-state index contributed by atoms with van der Waals surface area (Å²) >= 11 is 0. The third kappa shape index (κ3) is 11.5. The van der Waals surface area contributed by atoms with E-state index in [1.807, 2.05) is 62.5 Å². The summed E-state index contributed by atoms with van der Waals surface area (Å²) in [5.41, 5.74) is 3.82. The summed E-state index contributed by atoms with van der Waals surface area (Å²) in [6.45, 7) is 3.71. The largest absolute Gasteiger partial charge is 0.290 e. The van der Waals surface area contributed by atoms with Crippen molar-refractivity contribution in [1.29, 1.82) is 0 Å². The van der Waals surface area contributed by atoms with E-state index in [-0.39, 0.29) is 11.6 Å². The van der Waals surface area contributed by atoms with Crippen LogP contribution in [0.15, 0.2) is 132 Å². The fraction of sp³-hybridized carbons (Fsp3) is 0.0968. The maximum Gasteiger partial charge on any atom is 0.178 e. The minimum absolute atomic E-state index is 0.101. The topological polar surface area (TPSA) is 34.1 Å². The molecule has 0 unspecified atom stereocenters. The lowest BCUT2D eigenvalue weighted by molar-refractivity contribution is -0.111. The van der Waals surface area contributed by atoms with Crippen LogP contribution in [0.3, 0.4) is 0 Å². The molecule has 33 heavy (non-hydrogen) atoms. The Bertz CT molecular complexity index is 1120. The van der Waals surface area contributed by atoms with Gasteiger partial charge in [0.1, 0.15) is 0 Å². The van der Waals surface area contributed by atoms with Gasteiger partial charge in [0, 0.05) is 0 Å². The molecule has 0 aromatic carbocycles. The fourth-order valence-corrected chi connectivity index (χ4v) is 2.63. The van der Waals surface area contributed by atoms with E-state index in [9.17, 15) is 9.59 Å². The molecule has 2 heteroatoms. The van der Waals surface area contributed by atoms with E-state index < -0.39 is 0 Å². The van der Waals surface area contributed by atoms with Gasteiger partial charge in [-0.15, -0.1) is 0 Å². The highest BCUT2D eigenvalue weighted by Gasteiger charge is 1.98. The molecule has 0 N–H and O–H groups in total. The molecule has 2 rings (SSSR count). The van der Waals surface area contributed by atoms with Crippen molar-refractivity contribution in [3.8, 4) is 23.7 Å². The van der Waals surface area contributed by atoms with Gasteiger partial charge in [-0.1, -0.05) is 96.9 Å². The summed E-state index contributed by atoms with van der Waals surface area (Å²) in [5, 5.41) is 0. The van der Waals surface area contributed by atoms with E-state index in [2.05, 4.69) is 23.7 Å². The highest BCUT2D eigenvalue weighted by atomic mass is 16.1.